The van der Waals surface area contributed by atoms with Crippen LogP contribution in [0.4, 0.5) is 0 Å². The number of carboxylic acid groups (broad SMARTS) is 1. The van der Waals surface area contributed by atoms with Crippen LogP contribution in [0, 0.1) is 5.92 Å². The molecule has 0 radical (unpaired) electrons. The van der Waals surface area contributed by atoms with Gasteiger partial charge in [-0.1, -0.05) is 13.8 Å². The number of hydrogen-bond acceptors (Lipinski definition) is 4. The molecule has 0 bridgehead atoms. The molecular formula is C11H21NO4. The van der Waals surface area contributed by atoms with Crippen molar-refractivity contribution in [3.8, 4) is 0 Å². The van der Waals surface area contributed by atoms with Gasteiger partial charge in [-0.2, -0.15) is 0 Å². The first-order chi connectivity index (χ1) is 7.59. The molecule has 5 nitrogen and oxygen atoms in total. The van der Waals surface area contributed by atoms with Crippen LogP contribution in [0.25, 0.3) is 0 Å². The predicted molar refractivity (Wildman–Crippen MR) is 59.5 cm³/mol. The summed E-state index contributed by atoms with van der Waals surface area (Å²) < 4.78 is 10.6. The number of carbonyl (C=O) groups is 1. The maximum absolute atomic E-state index is 10.7. The molecule has 1 aliphatic rings. The highest BCUT2D eigenvalue weighted by Crippen LogP contribution is 2.05. The lowest BCUT2D eigenvalue weighted by Crippen LogP contribution is -2.47. The van der Waals surface area contributed by atoms with Gasteiger partial charge in [0, 0.05) is 26.2 Å². The molecule has 1 heterocycles. The summed E-state index contributed by atoms with van der Waals surface area (Å²) in [5, 5.41) is 8.82. The van der Waals surface area contributed by atoms with Crippen LogP contribution in [-0.2, 0) is 14.3 Å². The molecule has 1 unspecified atom stereocenters. The van der Waals surface area contributed by atoms with Crippen molar-refractivity contribution in [2.24, 2.45) is 5.92 Å². The van der Waals surface area contributed by atoms with Gasteiger partial charge in [0.05, 0.1) is 13.2 Å². The summed E-state index contributed by atoms with van der Waals surface area (Å²) in [4.78, 5) is 12.8. The van der Waals surface area contributed by atoms with Gasteiger partial charge in [-0.3, -0.25) is 4.90 Å². The number of ether oxygens (including phenoxy) is 2. The predicted octanol–water partition coefficient (Wildman–Crippen LogP) is 0.444. The Morgan fingerprint density at radius 3 is 3.00 bits per heavy atom. The van der Waals surface area contributed by atoms with Crippen LogP contribution >= 0.6 is 0 Å². The fourth-order valence-corrected chi connectivity index (χ4v) is 1.57. The van der Waals surface area contributed by atoms with Crippen molar-refractivity contribution in [1.29, 1.82) is 0 Å². The normalized spacial score (nSPS) is 22.6. The minimum absolute atomic E-state index is 0.459. The third kappa shape index (κ3) is 4.92. The van der Waals surface area contributed by atoms with E-state index in [9.17, 15) is 4.79 Å². The van der Waals surface area contributed by atoms with E-state index in [-0.39, 0.29) is 0 Å². The van der Waals surface area contributed by atoms with Crippen molar-refractivity contribution in [1.82, 2.24) is 4.90 Å². The highest BCUT2D eigenvalue weighted by atomic mass is 16.5. The molecule has 1 aliphatic heterocycles. The summed E-state index contributed by atoms with van der Waals surface area (Å²) in [6, 6.07) is 0. The van der Waals surface area contributed by atoms with Crippen LogP contribution in [0.3, 0.4) is 0 Å². The average Bonchev–Trinajstić information content (AvgIpc) is 2.24. The molecule has 16 heavy (non-hydrogen) atoms. The van der Waals surface area contributed by atoms with Crippen LogP contribution in [0.2, 0.25) is 0 Å². The Hall–Kier alpha value is -0.650. The van der Waals surface area contributed by atoms with E-state index in [1.807, 2.05) is 0 Å². The molecule has 0 spiro atoms. The van der Waals surface area contributed by atoms with Gasteiger partial charge >= 0.3 is 5.97 Å². The van der Waals surface area contributed by atoms with Gasteiger partial charge in [-0.15, -0.1) is 0 Å². The lowest BCUT2D eigenvalue weighted by molar-refractivity contribution is -0.156. The van der Waals surface area contributed by atoms with Crippen molar-refractivity contribution in [2.75, 3.05) is 39.5 Å². The summed E-state index contributed by atoms with van der Waals surface area (Å²) in [7, 11) is 0. The van der Waals surface area contributed by atoms with Crippen LogP contribution in [0.15, 0.2) is 0 Å². The van der Waals surface area contributed by atoms with E-state index in [0.29, 0.717) is 25.7 Å². The molecule has 0 aromatic rings. The number of aliphatic carboxylic acids is 1. The SMILES string of the molecule is CC(C)COCCN1CCOC(C(=O)O)C1. The van der Waals surface area contributed by atoms with Crippen molar-refractivity contribution < 1.29 is 19.4 Å². The minimum atomic E-state index is -0.882. The van der Waals surface area contributed by atoms with E-state index in [2.05, 4.69) is 18.7 Å². The standard InChI is InChI=1S/C11H21NO4/c1-9(2)8-15-5-3-12-4-6-16-10(7-12)11(13)14/h9-10H,3-8H2,1-2H3,(H,13,14). The number of nitrogens with zero attached hydrogens (tertiary/aromatic N) is 1. The third-order valence-electron chi connectivity index (χ3n) is 2.43. The van der Waals surface area contributed by atoms with Gasteiger partial charge in [0.25, 0.3) is 0 Å². The number of rotatable bonds is 6. The molecule has 0 aromatic heterocycles. The van der Waals surface area contributed by atoms with Crippen molar-refractivity contribution >= 4 is 5.97 Å². The lowest BCUT2D eigenvalue weighted by Gasteiger charge is -2.30. The van der Waals surface area contributed by atoms with E-state index in [0.717, 1.165) is 19.7 Å². The topological polar surface area (TPSA) is 59.0 Å². The number of carboxylic acids is 1. The molecule has 1 atom stereocenters. The maximum Gasteiger partial charge on any atom is 0.334 e. The molecule has 1 N–H and O–H groups in total. The smallest absolute Gasteiger partial charge is 0.334 e. The lowest BCUT2D eigenvalue weighted by atomic mass is 10.2. The van der Waals surface area contributed by atoms with E-state index in [4.69, 9.17) is 14.6 Å². The Kier molecular flexibility index (Phi) is 5.73. The van der Waals surface area contributed by atoms with Gasteiger partial charge in [-0.25, -0.2) is 4.79 Å². The summed E-state index contributed by atoms with van der Waals surface area (Å²) in [6.45, 7) is 8.14. The average molecular weight is 231 g/mol. The fraction of sp³-hybridized carbons (Fsp3) is 0.909. The maximum atomic E-state index is 10.7. The Labute approximate surface area is 96.3 Å². The van der Waals surface area contributed by atoms with E-state index < -0.39 is 12.1 Å². The molecule has 0 aromatic carbocycles. The van der Waals surface area contributed by atoms with Gasteiger partial charge in [0.2, 0.25) is 0 Å². The first-order valence-corrected chi connectivity index (χ1v) is 5.74. The molecule has 1 fully saturated rings. The van der Waals surface area contributed by atoms with Gasteiger partial charge in [0.1, 0.15) is 0 Å². The minimum Gasteiger partial charge on any atom is -0.479 e. The van der Waals surface area contributed by atoms with E-state index in [1.165, 1.54) is 0 Å². The molecule has 94 valence electrons. The monoisotopic (exact) mass is 231 g/mol. The zero-order chi connectivity index (χ0) is 12.0. The Balaban J connectivity index is 2.14. The van der Waals surface area contributed by atoms with E-state index in [1.54, 1.807) is 0 Å². The largest absolute Gasteiger partial charge is 0.479 e. The van der Waals surface area contributed by atoms with Gasteiger partial charge in [0.15, 0.2) is 6.10 Å². The highest BCUT2D eigenvalue weighted by molar-refractivity contribution is 5.72. The van der Waals surface area contributed by atoms with Crippen LogP contribution in [-0.4, -0.2) is 61.5 Å². The first-order valence-electron chi connectivity index (χ1n) is 5.74. The van der Waals surface area contributed by atoms with Crippen LogP contribution in [0.5, 0.6) is 0 Å². The zero-order valence-corrected chi connectivity index (χ0v) is 10.0. The van der Waals surface area contributed by atoms with Crippen molar-refractivity contribution in [3.63, 3.8) is 0 Å². The second-order valence-corrected chi connectivity index (χ2v) is 4.47. The van der Waals surface area contributed by atoms with Gasteiger partial charge < -0.3 is 14.6 Å². The molecule has 1 saturated heterocycles. The first kappa shape index (κ1) is 13.4. The molecular weight excluding hydrogens is 210 g/mol. The quantitative estimate of drug-likeness (QED) is 0.672. The molecule has 0 aliphatic carbocycles. The Bertz CT molecular complexity index is 220. The van der Waals surface area contributed by atoms with Gasteiger partial charge in [-0.05, 0) is 5.92 Å². The summed E-state index contributed by atoms with van der Waals surface area (Å²) >= 11 is 0. The summed E-state index contributed by atoms with van der Waals surface area (Å²) in [5.74, 6) is -0.343. The molecule has 0 amide bonds. The van der Waals surface area contributed by atoms with E-state index >= 15 is 0 Å². The highest BCUT2D eigenvalue weighted by Gasteiger charge is 2.25. The number of hydrogen-bond donors (Lipinski definition) is 1. The Morgan fingerprint density at radius 1 is 1.62 bits per heavy atom. The van der Waals surface area contributed by atoms with Crippen molar-refractivity contribution in [2.45, 2.75) is 20.0 Å². The second kappa shape index (κ2) is 6.83. The molecule has 5 heteroatoms. The number of morpholine rings is 1. The van der Waals surface area contributed by atoms with Crippen LogP contribution in [0.1, 0.15) is 13.8 Å². The molecule has 0 saturated carbocycles. The van der Waals surface area contributed by atoms with Crippen molar-refractivity contribution in [3.05, 3.63) is 0 Å². The third-order valence-corrected chi connectivity index (χ3v) is 2.43. The zero-order valence-electron chi connectivity index (χ0n) is 10.0. The summed E-state index contributed by atoms with van der Waals surface area (Å²) in [6.07, 6.45) is -0.682. The second-order valence-electron chi connectivity index (χ2n) is 4.47. The summed E-state index contributed by atoms with van der Waals surface area (Å²) in [5.41, 5.74) is 0. The fourth-order valence-electron chi connectivity index (χ4n) is 1.57. The Morgan fingerprint density at radius 2 is 2.38 bits per heavy atom. The van der Waals surface area contributed by atoms with Crippen LogP contribution < -0.4 is 0 Å². The molecule has 1 rings (SSSR count).